The van der Waals surface area contributed by atoms with Gasteiger partial charge in [-0.25, -0.2) is 4.39 Å². The highest BCUT2D eigenvalue weighted by atomic mass is 35.5. The van der Waals surface area contributed by atoms with Gasteiger partial charge in [-0.15, -0.1) is 23.2 Å². The van der Waals surface area contributed by atoms with Crippen molar-refractivity contribution in [2.45, 2.75) is 37.7 Å². The van der Waals surface area contributed by atoms with Crippen LogP contribution in [0.15, 0.2) is 36.4 Å². The Labute approximate surface area is 119 Å². The molecule has 0 saturated heterocycles. The first-order valence-electron chi connectivity index (χ1n) is 5.98. The summed E-state index contributed by atoms with van der Waals surface area (Å²) in [7, 11) is 0. The van der Waals surface area contributed by atoms with E-state index in [1.54, 1.807) is 19.1 Å². The molecule has 3 heteroatoms. The zero-order valence-electron chi connectivity index (χ0n) is 11.0. The summed E-state index contributed by atoms with van der Waals surface area (Å²) in [5.41, 5.74) is 2.72. The van der Waals surface area contributed by atoms with Crippen molar-refractivity contribution in [1.82, 2.24) is 0 Å². The minimum absolute atomic E-state index is 0.0190. The van der Waals surface area contributed by atoms with E-state index in [4.69, 9.17) is 23.2 Å². The Balaban J connectivity index is 2.85. The van der Waals surface area contributed by atoms with Crippen LogP contribution in [0, 0.1) is 5.92 Å². The molecule has 0 heterocycles. The SMILES string of the molecule is C=C(C)C(Cc1ccc(C(C)F)cc1)C(C)(Cl)Cl. The predicted molar refractivity (Wildman–Crippen MR) is 78.1 cm³/mol. The molecule has 0 aliphatic carbocycles. The molecule has 0 saturated carbocycles. The Kier molecular flexibility index (Phi) is 5.24. The number of hydrogen-bond acceptors (Lipinski definition) is 0. The van der Waals surface area contributed by atoms with Gasteiger partial charge in [-0.2, -0.15) is 0 Å². The Morgan fingerprint density at radius 3 is 2.17 bits per heavy atom. The number of hydrogen-bond donors (Lipinski definition) is 0. The Hall–Kier alpha value is -0.530. The molecular weight excluding hydrogens is 270 g/mol. The van der Waals surface area contributed by atoms with Crippen molar-refractivity contribution in [1.29, 1.82) is 0 Å². The minimum Gasteiger partial charge on any atom is -0.243 e. The molecule has 0 fully saturated rings. The number of benzene rings is 1. The van der Waals surface area contributed by atoms with Gasteiger partial charge >= 0.3 is 0 Å². The van der Waals surface area contributed by atoms with E-state index in [1.165, 1.54) is 6.92 Å². The van der Waals surface area contributed by atoms with Crippen molar-refractivity contribution in [2.24, 2.45) is 5.92 Å². The summed E-state index contributed by atoms with van der Waals surface area (Å²) < 4.78 is 12.2. The van der Waals surface area contributed by atoms with Crippen LogP contribution in [-0.4, -0.2) is 4.33 Å². The first-order valence-corrected chi connectivity index (χ1v) is 6.73. The molecule has 2 atom stereocenters. The van der Waals surface area contributed by atoms with Gasteiger partial charge in [-0.1, -0.05) is 36.4 Å². The van der Waals surface area contributed by atoms with Crippen molar-refractivity contribution in [2.75, 3.05) is 0 Å². The zero-order chi connectivity index (χ0) is 13.9. The fourth-order valence-corrected chi connectivity index (χ4v) is 2.47. The van der Waals surface area contributed by atoms with Gasteiger partial charge in [0.25, 0.3) is 0 Å². The summed E-state index contributed by atoms with van der Waals surface area (Å²) in [5, 5.41) is 0. The van der Waals surface area contributed by atoms with Crippen molar-refractivity contribution in [3.05, 3.63) is 47.5 Å². The van der Waals surface area contributed by atoms with Gasteiger partial charge in [0.15, 0.2) is 0 Å². The zero-order valence-corrected chi connectivity index (χ0v) is 12.5. The smallest absolute Gasteiger partial charge is 0.122 e. The Morgan fingerprint density at radius 1 is 1.33 bits per heavy atom. The number of alkyl halides is 3. The van der Waals surface area contributed by atoms with E-state index in [0.717, 1.165) is 11.1 Å². The molecule has 0 aliphatic rings. The van der Waals surface area contributed by atoms with Crippen molar-refractivity contribution >= 4 is 23.2 Å². The third kappa shape index (κ3) is 4.29. The van der Waals surface area contributed by atoms with E-state index in [0.29, 0.717) is 12.0 Å². The number of rotatable bonds is 5. The second kappa shape index (κ2) is 6.08. The quantitative estimate of drug-likeness (QED) is 0.485. The van der Waals surface area contributed by atoms with Crippen LogP contribution in [0.2, 0.25) is 0 Å². The van der Waals surface area contributed by atoms with Gasteiger partial charge in [0, 0.05) is 5.92 Å². The van der Waals surface area contributed by atoms with Crippen LogP contribution in [0.25, 0.3) is 0 Å². The first-order chi connectivity index (χ1) is 8.21. The molecule has 18 heavy (non-hydrogen) atoms. The van der Waals surface area contributed by atoms with E-state index in [-0.39, 0.29) is 5.92 Å². The molecule has 100 valence electrons. The van der Waals surface area contributed by atoms with E-state index in [2.05, 4.69) is 6.58 Å². The fraction of sp³-hybridized carbons (Fsp3) is 0.467. The van der Waals surface area contributed by atoms with Crippen LogP contribution in [0.5, 0.6) is 0 Å². The maximum atomic E-state index is 13.1. The van der Waals surface area contributed by atoms with E-state index >= 15 is 0 Å². The van der Waals surface area contributed by atoms with E-state index in [9.17, 15) is 4.39 Å². The van der Waals surface area contributed by atoms with Gasteiger partial charge < -0.3 is 0 Å². The topological polar surface area (TPSA) is 0 Å². The van der Waals surface area contributed by atoms with Crippen molar-refractivity contribution in [3.8, 4) is 0 Å². The maximum absolute atomic E-state index is 13.1. The van der Waals surface area contributed by atoms with Gasteiger partial charge in [-0.05, 0) is 38.3 Å². The summed E-state index contributed by atoms with van der Waals surface area (Å²) in [6, 6.07) is 7.44. The molecule has 0 bridgehead atoms. The minimum atomic E-state index is -0.942. The number of halogens is 3. The summed E-state index contributed by atoms with van der Waals surface area (Å²) in [6.45, 7) is 9.16. The maximum Gasteiger partial charge on any atom is 0.122 e. The molecule has 1 rings (SSSR count). The lowest BCUT2D eigenvalue weighted by atomic mass is 9.90. The third-order valence-electron chi connectivity index (χ3n) is 3.09. The first kappa shape index (κ1) is 15.5. The summed E-state index contributed by atoms with van der Waals surface area (Å²) >= 11 is 12.3. The second-order valence-electron chi connectivity index (χ2n) is 4.92. The van der Waals surface area contributed by atoms with Gasteiger partial charge in [0.1, 0.15) is 10.5 Å². The molecule has 0 spiro atoms. The highest BCUT2D eigenvalue weighted by Crippen LogP contribution is 2.36. The Morgan fingerprint density at radius 2 is 1.83 bits per heavy atom. The van der Waals surface area contributed by atoms with E-state index < -0.39 is 10.5 Å². The van der Waals surface area contributed by atoms with Crippen LogP contribution in [-0.2, 0) is 6.42 Å². The molecular formula is C15H19Cl2F. The van der Waals surface area contributed by atoms with Crippen LogP contribution >= 0.6 is 23.2 Å². The normalized spacial score (nSPS) is 15.2. The van der Waals surface area contributed by atoms with Crippen molar-refractivity contribution in [3.63, 3.8) is 0 Å². The van der Waals surface area contributed by atoms with Crippen LogP contribution in [0.3, 0.4) is 0 Å². The lowest BCUT2D eigenvalue weighted by Gasteiger charge is -2.27. The van der Waals surface area contributed by atoms with Gasteiger partial charge in [0.05, 0.1) is 0 Å². The average Bonchev–Trinajstić information content (AvgIpc) is 2.24. The molecule has 1 aromatic rings. The Bertz CT molecular complexity index is 401. The lowest BCUT2D eigenvalue weighted by Crippen LogP contribution is -2.24. The average molecular weight is 289 g/mol. The van der Waals surface area contributed by atoms with Crippen LogP contribution in [0.4, 0.5) is 4.39 Å². The highest BCUT2D eigenvalue weighted by Gasteiger charge is 2.30. The number of allylic oxidation sites excluding steroid dienone is 1. The molecule has 1 aromatic carbocycles. The third-order valence-corrected chi connectivity index (χ3v) is 3.61. The van der Waals surface area contributed by atoms with Crippen molar-refractivity contribution < 1.29 is 4.39 Å². The predicted octanol–water partition coefficient (Wildman–Crippen LogP) is 5.65. The lowest BCUT2D eigenvalue weighted by molar-refractivity contribution is 0.374. The van der Waals surface area contributed by atoms with E-state index in [1.807, 2.05) is 19.1 Å². The summed E-state index contributed by atoms with van der Waals surface area (Å²) in [5.74, 6) is -0.0190. The molecule has 0 aromatic heterocycles. The van der Waals surface area contributed by atoms with Crippen LogP contribution in [0.1, 0.15) is 38.1 Å². The standard InChI is InChI=1S/C15H19Cl2F/c1-10(2)14(15(4,16)17)9-12-5-7-13(8-6-12)11(3)18/h5-8,11,14H,1,9H2,2-4H3. The van der Waals surface area contributed by atoms with Gasteiger partial charge in [0.2, 0.25) is 0 Å². The summed E-state index contributed by atoms with van der Waals surface area (Å²) in [6.07, 6.45) is -0.234. The highest BCUT2D eigenvalue weighted by molar-refractivity contribution is 6.48. The summed E-state index contributed by atoms with van der Waals surface area (Å²) in [4.78, 5) is 0. The molecule has 0 N–H and O–H groups in total. The molecule has 0 aliphatic heterocycles. The van der Waals surface area contributed by atoms with Gasteiger partial charge in [-0.3, -0.25) is 0 Å². The largest absolute Gasteiger partial charge is 0.243 e. The molecule has 0 amide bonds. The molecule has 2 unspecified atom stereocenters. The monoisotopic (exact) mass is 288 g/mol. The second-order valence-corrected chi connectivity index (χ2v) is 6.68. The fourth-order valence-electron chi connectivity index (χ4n) is 1.94. The van der Waals surface area contributed by atoms with Crippen LogP contribution < -0.4 is 0 Å². The molecule has 0 nitrogen and oxygen atoms in total. The molecule has 0 radical (unpaired) electrons.